The predicted molar refractivity (Wildman–Crippen MR) is 118 cm³/mol. The number of rotatable bonds is 14. The fourth-order valence-corrected chi connectivity index (χ4v) is 3.22. The van der Waals surface area contributed by atoms with Gasteiger partial charge in [-0.1, -0.05) is 46.8 Å². The first kappa shape index (κ1) is 28.2. The molecule has 0 spiro atoms. The molecule has 0 radical (unpaired) electrons. The molecule has 0 aromatic heterocycles. The minimum atomic E-state index is -1.07. The molecule has 0 aliphatic rings. The number of aliphatic hydroxyl groups excluding tert-OH is 2. The number of carbonyl (C=O) groups excluding carboxylic acids is 3. The summed E-state index contributed by atoms with van der Waals surface area (Å²) in [7, 11) is 3.17. The van der Waals surface area contributed by atoms with Gasteiger partial charge in [-0.2, -0.15) is 0 Å². The van der Waals surface area contributed by atoms with Gasteiger partial charge in [0.15, 0.2) is 0 Å². The van der Waals surface area contributed by atoms with Gasteiger partial charge in [0.2, 0.25) is 11.8 Å². The van der Waals surface area contributed by atoms with Gasteiger partial charge >= 0.3 is 0 Å². The van der Waals surface area contributed by atoms with Crippen LogP contribution in [-0.2, 0) is 14.4 Å². The first-order chi connectivity index (χ1) is 14.0. The molecule has 8 heteroatoms. The lowest BCUT2D eigenvalue weighted by Gasteiger charge is -2.34. The van der Waals surface area contributed by atoms with E-state index in [1.807, 2.05) is 27.7 Å². The predicted octanol–water partition coefficient (Wildman–Crippen LogP) is 0.723. The highest BCUT2D eigenvalue weighted by atomic mass is 16.3. The molecule has 0 saturated carbocycles. The number of likely N-dealkylation sites (N-methyl/N-ethyl adjacent to an activating group) is 2. The van der Waals surface area contributed by atoms with Crippen molar-refractivity contribution in [3.63, 3.8) is 0 Å². The van der Waals surface area contributed by atoms with Crippen molar-refractivity contribution in [3.8, 4) is 0 Å². The number of allylic oxidation sites excluding steroid dienone is 1. The summed E-state index contributed by atoms with van der Waals surface area (Å²) in [6.07, 6.45) is 3.86. The lowest BCUT2D eigenvalue weighted by atomic mass is 9.93. The van der Waals surface area contributed by atoms with Crippen molar-refractivity contribution >= 4 is 18.1 Å². The normalized spacial score (nSPS) is 16.9. The van der Waals surface area contributed by atoms with Crippen LogP contribution in [0.4, 0.5) is 0 Å². The number of aliphatic hydroxyl groups is 2. The second kappa shape index (κ2) is 14.3. The van der Waals surface area contributed by atoms with Crippen molar-refractivity contribution in [1.29, 1.82) is 0 Å². The molecule has 0 fully saturated rings. The summed E-state index contributed by atoms with van der Waals surface area (Å²) in [6, 6.07) is -2.27. The zero-order valence-electron chi connectivity index (χ0n) is 19.5. The number of nitrogens with one attached hydrogen (secondary N) is 2. The van der Waals surface area contributed by atoms with E-state index in [4.69, 9.17) is 5.11 Å². The van der Waals surface area contributed by atoms with E-state index in [0.29, 0.717) is 25.0 Å². The Morgan fingerprint density at radius 2 is 1.70 bits per heavy atom. The Kier molecular flexibility index (Phi) is 13.4. The molecule has 174 valence electrons. The molecule has 0 aromatic rings. The van der Waals surface area contributed by atoms with Gasteiger partial charge in [-0.25, -0.2) is 0 Å². The molecule has 4 N–H and O–H groups in total. The Hall–Kier alpha value is -1.77. The van der Waals surface area contributed by atoms with Crippen molar-refractivity contribution < 1.29 is 24.6 Å². The quantitative estimate of drug-likeness (QED) is 0.240. The first-order valence-electron chi connectivity index (χ1n) is 10.6. The van der Waals surface area contributed by atoms with Crippen molar-refractivity contribution in [2.45, 2.75) is 71.7 Å². The van der Waals surface area contributed by atoms with Crippen molar-refractivity contribution in [3.05, 3.63) is 12.2 Å². The lowest BCUT2D eigenvalue weighted by molar-refractivity contribution is -0.143. The highest BCUT2D eigenvalue weighted by Crippen LogP contribution is 2.17. The molecule has 1 unspecified atom stereocenters. The van der Waals surface area contributed by atoms with Gasteiger partial charge in [-0.05, 0) is 37.6 Å². The van der Waals surface area contributed by atoms with E-state index in [1.54, 1.807) is 26.1 Å². The van der Waals surface area contributed by atoms with Gasteiger partial charge in [-0.3, -0.25) is 9.59 Å². The summed E-state index contributed by atoms with van der Waals surface area (Å²) < 4.78 is 0. The van der Waals surface area contributed by atoms with Crippen molar-refractivity contribution in [1.82, 2.24) is 15.5 Å². The molecule has 0 aromatic carbocycles. The van der Waals surface area contributed by atoms with Crippen LogP contribution in [0.25, 0.3) is 0 Å². The number of hydrogen-bond acceptors (Lipinski definition) is 6. The Morgan fingerprint density at radius 1 is 1.10 bits per heavy atom. The largest absolute Gasteiger partial charge is 0.392 e. The SMILES string of the molecule is CN[C@@H](CC(C)C)C(=O)N[C@H](C(=O)N(C)C(C=O)[C@H](O)[C@H](C)C/C=C/CO)C(C)C. The summed E-state index contributed by atoms with van der Waals surface area (Å²) >= 11 is 0. The van der Waals surface area contributed by atoms with Crippen LogP contribution in [0.5, 0.6) is 0 Å². The third-order valence-electron chi connectivity index (χ3n) is 5.25. The highest BCUT2D eigenvalue weighted by molar-refractivity contribution is 5.91. The molecular formula is C22H41N3O5. The molecule has 0 aliphatic carbocycles. The first-order valence-corrected chi connectivity index (χ1v) is 10.6. The number of aldehydes is 1. The fourth-order valence-electron chi connectivity index (χ4n) is 3.22. The smallest absolute Gasteiger partial charge is 0.245 e. The maximum Gasteiger partial charge on any atom is 0.245 e. The minimum absolute atomic E-state index is 0.0987. The van der Waals surface area contributed by atoms with Crippen LogP contribution in [0, 0.1) is 17.8 Å². The van der Waals surface area contributed by atoms with Crippen LogP contribution in [0.15, 0.2) is 12.2 Å². The van der Waals surface area contributed by atoms with E-state index in [2.05, 4.69) is 10.6 Å². The molecule has 0 heterocycles. The van der Waals surface area contributed by atoms with Gasteiger partial charge in [-0.15, -0.1) is 0 Å². The summed E-state index contributed by atoms with van der Waals surface area (Å²) in [5, 5.41) is 25.2. The van der Waals surface area contributed by atoms with Gasteiger partial charge in [0.05, 0.1) is 18.8 Å². The van der Waals surface area contributed by atoms with E-state index < -0.39 is 30.1 Å². The summed E-state index contributed by atoms with van der Waals surface area (Å²) in [5.74, 6) is -0.885. The van der Waals surface area contributed by atoms with E-state index in [9.17, 15) is 19.5 Å². The zero-order chi connectivity index (χ0) is 23.4. The lowest BCUT2D eigenvalue weighted by Crippen LogP contribution is -2.58. The number of carbonyl (C=O) groups is 3. The molecule has 5 atom stereocenters. The average molecular weight is 428 g/mol. The average Bonchev–Trinajstić information content (AvgIpc) is 2.69. The van der Waals surface area contributed by atoms with E-state index >= 15 is 0 Å². The Balaban J connectivity index is 5.37. The maximum atomic E-state index is 13.1. The molecule has 0 aliphatic heterocycles. The van der Waals surface area contributed by atoms with E-state index in [-0.39, 0.29) is 24.3 Å². The van der Waals surface area contributed by atoms with Crippen LogP contribution >= 0.6 is 0 Å². The second-order valence-corrected chi connectivity index (χ2v) is 8.63. The molecule has 0 rings (SSSR count). The van der Waals surface area contributed by atoms with Gasteiger partial charge < -0.3 is 30.5 Å². The topological polar surface area (TPSA) is 119 Å². The summed E-state index contributed by atoms with van der Waals surface area (Å²) in [5.41, 5.74) is 0. The molecular weight excluding hydrogens is 386 g/mol. The third kappa shape index (κ3) is 8.93. The molecule has 30 heavy (non-hydrogen) atoms. The van der Waals surface area contributed by atoms with Crippen molar-refractivity contribution in [2.24, 2.45) is 17.8 Å². The molecule has 0 saturated heterocycles. The van der Waals surface area contributed by atoms with Gasteiger partial charge in [0, 0.05) is 7.05 Å². The van der Waals surface area contributed by atoms with Crippen LogP contribution in [0.2, 0.25) is 0 Å². The Morgan fingerprint density at radius 3 is 2.13 bits per heavy atom. The van der Waals surface area contributed by atoms with Crippen LogP contribution in [-0.4, -0.2) is 78.1 Å². The summed E-state index contributed by atoms with van der Waals surface area (Å²) in [6.45, 7) is 9.35. The number of nitrogens with zero attached hydrogens (tertiary/aromatic N) is 1. The monoisotopic (exact) mass is 427 g/mol. The Labute approximate surface area is 181 Å². The molecule has 0 bridgehead atoms. The third-order valence-corrected chi connectivity index (χ3v) is 5.25. The van der Waals surface area contributed by atoms with Gasteiger partial charge in [0.25, 0.3) is 0 Å². The minimum Gasteiger partial charge on any atom is -0.392 e. The standard InChI is InChI=1S/C22H41N3O5/c1-14(2)12-17(23-6)21(29)24-19(15(3)4)22(30)25(7)18(13-27)20(28)16(5)10-8-9-11-26/h8-9,13-20,23,26,28H,10-12H2,1-7H3,(H,24,29)/b9-8+/t16-,17+,18?,19+,20-/m1/s1. The van der Waals surface area contributed by atoms with Gasteiger partial charge in [0.1, 0.15) is 18.4 Å². The Bertz CT molecular complexity index is 565. The maximum absolute atomic E-state index is 13.1. The number of amides is 2. The fraction of sp³-hybridized carbons (Fsp3) is 0.773. The van der Waals surface area contributed by atoms with Crippen LogP contribution in [0.3, 0.4) is 0 Å². The van der Waals surface area contributed by atoms with Crippen LogP contribution in [0.1, 0.15) is 47.5 Å². The second-order valence-electron chi connectivity index (χ2n) is 8.63. The van der Waals surface area contributed by atoms with Crippen molar-refractivity contribution in [2.75, 3.05) is 20.7 Å². The van der Waals surface area contributed by atoms with E-state index in [0.717, 1.165) is 0 Å². The van der Waals surface area contributed by atoms with Crippen LogP contribution < -0.4 is 10.6 Å². The number of hydrogen-bond donors (Lipinski definition) is 4. The van der Waals surface area contributed by atoms with E-state index in [1.165, 1.54) is 11.9 Å². The summed E-state index contributed by atoms with van der Waals surface area (Å²) in [4.78, 5) is 38.7. The molecule has 2 amide bonds. The molecule has 8 nitrogen and oxygen atoms in total. The zero-order valence-corrected chi connectivity index (χ0v) is 19.5. The highest BCUT2D eigenvalue weighted by Gasteiger charge is 2.35.